The summed E-state index contributed by atoms with van der Waals surface area (Å²) in [5.41, 5.74) is 15.2. The Hall–Kier alpha value is -7.36. The average molecular weight is 732 g/mol. The molecule has 3 heteroatoms. The van der Waals surface area contributed by atoms with Gasteiger partial charge in [-0.05, 0) is 76.7 Å². The first kappa shape index (κ1) is 33.0. The molecule has 1 atom stereocenters. The lowest BCUT2D eigenvalue weighted by molar-refractivity contribution is 0.657. The van der Waals surface area contributed by atoms with Crippen LogP contribution in [0.3, 0.4) is 0 Å². The van der Waals surface area contributed by atoms with Gasteiger partial charge in [0.25, 0.3) is 0 Å². The van der Waals surface area contributed by atoms with Crippen molar-refractivity contribution in [2.24, 2.45) is 0 Å². The SMILES string of the molecule is C1=CC(N(c2ccc(-c3ccc(-c4ccccc4)cc3)cc2)c2ccc(-c3cccc4c3oc3ccccc34)cc2)=CC(c2cccc3c2oc2ccccc23)C1. The first-order valence-electron chi connectivity index (χ1n) is 19.6. The summed E-state index contributed by atoms with van der Waals surface area (Å²) in [5, 5.41) is 4.58. The first-order chi connectivity index (χ1) is 28.2. The summed E-state index contributed by atoms with van der Waals surface area (Å²) >= 11 is 0. The van der Waals surface area contributed by atoms with E-state index in [2.05, 4.69) is 193 Å². The second-order valence-electron chi connectivity index (χ2n) is 14.8. The van der Waals surface area contributed by atoms with Crippen LogP contribution in [-0.2, 0) is 0 Å². The molecular formula is C54H37NO2. The fourth-order valence-corrected chi connectivity index (χ4v) is 8.59. The van der Waals surface area contributed by atoms with E-state index in [1.165, 1.54) is 27.8 Å². The molecule has 0 amide bonds. The standard InChI is InChI=1S/C54H37NO2/c1-2-11-36(12-3-1)37-23-25-38(26-24-37)39-27-31-42(32-28-39)55(43-33-29-40(30-34-43)45-17-9-19-49-47-15-4-6-21-51(47)56-53(45)49)44-14-8-13-41(35-44)46-18-10-20-50-48-16-5-7-22-52(48)57-54(46)50/h1-12,14-35,41H,13H2. The van der Waals surface area contributed by atoms with Gasteiger partial charge in [-0.3, -0.25) is 0 Å². The number of benzene rings is 8. The van der Waals surface area contributed by atoms with E-state index in [9.17, 15) is 0 Å². The highest BCUT2D eigenvalue weighted by Crippen LogP contribution is 2.42. The zero-order chi connectivity index (χ0) is 37.7. The molecule has 2 heterocycles. The van der Waals surface area contributed by atoms with Crippen molar-refractivity contribution >= 4 is 55.3 Å². The van der Waals surface area contributed by atoms with E-state index in [1.54, 1.807) is 0 Å². The monoisotopic (exact) mass is 731 g/mol. The van der Waals surface area contributed by atoms with Crippen molar-refractivity contribution in [1.82, 2.24) is 0 Å². The Balaban J connectivity index is 0.988. The van der Waals surface area contributed by atoms with E-state index in [0.717, 1.165) is 78.5 Å². The maximum atomic E-state index is 6.52. The Morgan fingerprint density at radius 2 is 0.895 bits per heavy atom. The number of hydrogen-bond acceptors (Lipinski definition) is 3. The van der Waals surface area contributed by atoms with Gasteiger partial charge in [0, 0.05) is 55.7 Å². The van der Waals surface area contributed by atoms with Gasteiger partial charge in [0.1, 0.15) is 22.3 Å². The normalized spacial score (nSPS) is 14.1. The van der Waals surface area contributed by atoms with Gasteiger partial charge in [0.05, 0.1) is 0 Å². The zero-order valence-corrected chi connectivity index (χ0v) is 31.2. The molecule has 0 spiro atoms. The molecule has 57 heavy (non-hydrogen) atoms. The molecule has 0 bridgehead atoms. The lowest BCUT2D eigenvalue weighted by Crippen LogP contribution is -2.17. The molecule has 11 rings (SSSR count). The number of allylic oxidation sites excluding steroid dienone is 3. The molecule has 0 N–H and O–H groups in total. The summed E-state index contributed by atoms with van der Waals surface area (Å²) in [6.07, 6.45) is 7.86. The van der Waals surface area contributed by atoms with Crippen LogP contribution in [0.1, 0.15) is 17.9 Å². The summed E-state index contributed by atoms with van der Waals surface area (Å²) in [4.78, 5) is 2.37. The fraction of sp³-hybridized carbons (Fsp3) is 0.0370. The minimum absolute atomic E-state index is 0.143. The van der Waals surface area contributed by atoms with Crippen LogP contribution in [0.4, 0.5) is 11.4 Å². The van der Waals surface area contributed by atoms with Crippen molar-refractivity contribution in [3.8, 4) is 33.4 Å². The third kappa shape index (κ3) is 5.84. The van der Waals surface area contributed by atoms with Crippen molar-refractivity contribution in [2.75, 3.05) is 4.90 Å². The summed E-state index contributed by atoms with van der Waals surface area (Å²) in [6, 6.07) is 66.8. The third-order valence-corrected chi connectivity index (χ3v) is 11.4. The average Bonchev–Trinajstić information content (AvgIpc) is 3.86. The second-order valence-corrected chi connectivity index (χ2v) is 14.8. The molecule has 3 nitrogen and oxygen atoms in total. The molecule has 270 valence electrons. The van der Waals surface area contributed by atoms with Crippen molar-refractivity contribution in [2.45, 2.75) is 12.3 Å². The highest BCUT2D eigenvalue weighted by atomic mass is 16.3. The van der Waals surface area contributed by atoms with Crippen molar-refractivity contribution < 1.29 is 8.83 Å². The zero-order valence-electron chi connectivity index (χ0n) is 31.2. The summed E-state index contributed by atoms with van der Waals surface area (Å²) in [5.74, 6) is 0.143. The smallest absolute Gasteiger partial charge is 0.143 e. The molecule has 0 saturated carbocycles. The predicted molar refractivity (Wildman–Crippen MR) is 237 cm³/mol. The summed E-state index contributed by atoms with van der Waals surface area (Å²) < 4.78 is 12.9. The van der Waals surface area contributed by atoms with Gasteiger partial charge >= 0.3 is 0 Å². The molecule has 1 aliphatic rings. The van der Waals surface area contributed by atoms with E-state index in [0.29, 0.717) is 0 Å². The summed E-state index contributed by atoms with van der Waals surface area (Å²) in [7, 11) is 0. The van der Waals surface area contributed by atoms with Gasteiger partial charge in [-0.25, -0.2) is 0 Å². The second kappa shape index (κ2) is 13.7. The predicted octanol–water partition coefficient (Wildman–Crippen LogP) is 15.3. The van der Waals surface area contributed by atoms with Gasteiger partial charge in [0.2, 0.25) is 0 Å². The van der Waals surface area contributed by atoms with Crippen LogP contribution >= 0.6 is 0 Å². The highest BCUT2D eigenvalue weighted by molar-refractivity contribution is 6.09. The first-order valence-corrected chi connectivity index (χ1v) is 19.6. The molecule has 10 aromatic rings. The molecular weight excluding hydrogens is 695 g/mol. The highest BCUT2D eigenvalue weighted by Gasteiger charge is 2.23. The minimum atomic E-state index is 0.143. The number of para-hydroxylation sites is 4. The number of fused-ring (bicyclic) bond motifs is 6. The van der Waals surface area contributed by atoms with Gasteiger partial charge in [-0.1, -0.05) is 164 Å². The van der Waals surface area contributed by atoms with Gasteiger partial charge < -0.3 is 13.7 Å². The van der Waals surface area contributed by atoms with Crippen LogP contribution in [0.5, 0.6) is 0 Å². The third-order valence-electron chi connectivity index (χ3n) is 11.4. The van der Waals surface area contributed by atoms with Crippen LogP contribution in [0.25, 0.3) is 77.3 Å². The van der Waals surface area contributed by atoms with E-state index in [-0.39, 0.29) is 5.92 Å². The Morgan fingerprint density at radius 3 is 1.54 bits per heavy atom. The van der Waals surface area contributed by atoms with E-state index < -0.39 is 0 Å². The van der Waals surface area contributed by atoms with Gasteiger partial charge in [-0.15, -0.1) is 0 Å². The van der Waals surface area contributed by atoms with Crippen molar-refractivity contribution in [3.05, 3.63) is 218 Å². The topological polar surface area (TPSA) is 29.5 Å². The Bertz CT molecular complexity index is 3130. The minimum Gasteiger partial charge on any atom is -0.456 e. The van der Waals surface area contributed by atoms with Crippen molar-refractivity contribution in [3.63, 3.8) is 0 Å². The molecule has 2 aromatic heterocycles. The number of anilines is 2. The largest absolute Gasteiger partial charge is 0.456 e. The molecule has 0 fully saturated rings. The Kier molecular flexibility index (Phi) is 7.96. The fourth-order valence-electron chi connectivity index (χ4n) is 8.59. The van der Waals surface area contributed by atoms with Crippen LogP contribution in [0, 0.1) is 0 Å². The number of rotatable bonds is 7. The van der Waals surface area contributed by atoms with Crippen LogP contribution in [0.15, 0.2) is 221 Å². The number of hydrogen-bond donors (Lipinski definition) is 0. The van der Waals surface area contributed by atoms with E-state index in [1.807, 2.05) is 18.2 Å². The lowest BCUT2D eigenvalue weighted by atomic mass is 9.89. The van der Waals surface area contributed by atoms with Crippen LogP contribution in [0.2, 0.25) is 0 Å². The van der Waals surface area contributed by atoms with Gasteiger partial charge in [0.15, 0.2) is 0 Å². The maximum Gasteiger partial charge on any atom is 0.143 e. The molecule has 0 saturated heterocycles. The molecule has 1 aliphatic carbocycles. The molecule has 0 radical (unpaired) electrons. The van der Waals surface area contributed by atoms with Gasteiger partial charge in [-0.2, -0.15) is 0 Å². The molecule has 8 aromatic carbocycles. The molecule has 0 aliphatic heterocycles. The van der Waals surface area contributed by atoms with E-state index in [4.69, 9.17) is 8.83 Å². The summed E-state index contributed by atoms with van der Waals surface area (Å²) in [6.45, 7) is 0. The van der Waals surface area contributed by atoms with Crippen LogP contribution in [-0.4, -0.2) is 0 Å². The number of nitrogens with zero attached hydrogens (tertiary/aromatic N) is 1. The quantitative estimate of drug-likeness (QED) is 0.163. The molecule has 1 unspecified atom stereocenters. The Morgan fingerprint density at radius 1 is 0.404 bits per heavy atom. The van der Waals surface area contributed by atoms with Crippen LogP contribution < -0.4 is 4.90 Å². The van der Waals surface area contributed by atoms with Crippen molar-refractivity contribution in [1.29, 1.82) is 0 Å². The number of furan rings is 2. The Labute approximate surface area is 331 Å². The maximum absolute atomic E-state index is 6.52. The lowest BCUT2D eigenvalue weighted by Gasteiger charge is -2.30. The van der Waals surface area contributed by atoms with E-state index >= 15 is 0 Å².